The molecule has 4 nitrogen and oxygen atoms in total. The van der Waals surface area contributed by atoms with E-state index in [-0.39, 0.29) is 18.3 Å². The van der Waals surface area contributed by atoms with E-state index in [1.54, 1.807) is 29.2 Å². The second-order valence-electron chi connectivity index (χ2n) is 4.24. The van der Waals surface area contributed by atoms with E-state index in [0.29, 0.717) is 28.7 Å². The average Bonchev–Trinajstić information content (AvgIpc) is 2.48. The highest BCUT2D eigenvalue weighted by Crippen LogP contribution is 2.21. The summed E-state index contributed by atoms with van der Waals surface area (Å²) in [6.07, 6.45) is 3.19. The molecule has 0 aliphatic heterocycles. The van der Waals surface area contributed by atoms with E-state index in [2.05, 4.69) is 4.74 Å². The molecule has 0 unspecified atom stereocenters. The van der Waals surface area contributed by atoms with Gasteiger partial charge in [0.2, 0.25) is 5.91 Å². The highest BCUT2D eigenvalue weighted by Gasteiger charge is 2.11. The molecule has 1 rings (SSSR count). The number of halogens is 2. The molecule has 0 radical (unpaired) electrons. The smallest absolute Gasteiger partial charge is 0.307 e. The van der Waals surface area contributed by atoms with Crippen molar-refractivity contribution in [2.45, 2.75) is 13.3 Å². The van der Waals surface area contributed by atoms with Gasteiger partial charge in [0.05, 0.1) is 13.5 Å². The number of rotatable bonds is 6. The van der Waals surface area contributed by atoms with Crippen molar-refractivity contribution in [3.05, 3.63) is 39.9 Å². The first-order valence-electron chi connectivity index (χ1n) is 6.46. The Hall–Kier alpha value is -1.52. The Bertz CT molecular complexity index is 544. The molecule has 114 valence electrons. The van der Waals surface area contributed by atoms with E-state index in [1.807, 2.05) is 6.92 Å². The lowest BCUT2D eigenvalue weighted by Gasteiger charge is -2.18. The molecule has 0 atom stereocenters. The van der Waals surface area contributed by atoms with Crippen LogP contribution in [0, 0.1) is 0 Å². The van der Waals surface area contributed by atoms with Crippen molar-refractivity contribution in [1.29, 1.82) is 0 Å². The average molecular weight is 330 g/mol. The van der Waals surface area contributed by atoms with Crippen LogP contribution in [0.1, 0.15) is 18.9 Å². The van der Waals surface area contributed by atoms with Crippen LogP contribution < -0.4 is 0 Å². The molecule has 0 N–H and O–H groups in total. The van der Waals surface area contributed by atoms with Crippen molar-refractivity contribution >= 4 is 41.2 Å². The SMILES string of the molecule is CCN(CCC(=O)OC)C(=O)/C=C/c1cc(Cl)ccc1Cl. The van der Waals surface area contributed by atoms with Crippen molar-refractivity contribution in [2.75, 3.05) is 20.2 Å². The van der Waals surface area contributed by atoms with Crippen LogP contribution in [0.15, 0.2) is 24.3 Å². The molecule has 6 heteroatoms. The van der Waals surface area contributed by atoms with Gasteiger partial charge in [0, 0.05) is 29.2 Å². The number of hydrogen-bond acceptors (Lipinski definition) is 3. The Balaban J connectivity index is 2.70. The zero-order valence-corrected chi connectivity index (χ0v) is 13.4. The first kappa shape index (κ1) is 17.5. The van der Waals surface area contributed by atoms with Crippen LogP contribution in [0.3, 0.4) is 0 Å². The summed E-state index contributed by atoms with van der Waals surface area (Å²) in [7, 11) is 1.32. The summed E-state index contributed by atoms with van der Waals surface area (Å²) >= 11 is 11.9. The van der Waals surface area contributed by atoms with Crippen molar-refractivity contribution < 1.29 is 14.3 Å². The summed E-state index contributed by atoms with van der Waals surface area (Å²) in [5.41, 5.74) is 0.668. The van der Waals surface area contributed by atoms with E-state index in [0.717, 1.165) is 0 Å². The number of methoxy groups -OCH3 is 1. The summed E-state index contributed by atoms with van der Waals surface area (Å²) < 4.78 is 4.56. The molecule has 0 saturated heterocycles. The number of esters is 1. The first-order chi connectivity index (χ1) is 9.97. The predicted octanol–water partition coefficient (Wildman–Crippen LogP) is 3.42. The number of hydrogen-bond donors (Lipinski definition) is 0. The monoisotopic (exact) mass is 329 g/mol. The fourth-order valence-electron chi connectivity index (χ4n) is 1.66. The van der Waals surface area contributed by atoms with Gasteiger partial charge in [-0.2, -0.15) is 0 Å². The second kappa shape index (κ2) is 8.70. The third-order valence-corrected chi connectivity index (χ3v) is 3.45. The van der Waals surface area contributed by atoms with E-state index in [1.165, 1.54) is 13.2 Å². The number of benzene rings is 1. The quantitative estimate of drug-likeness (QED) is 0.593. The van der Waals surface area contributed by atoms with Crippen LogP contribution in [0.2, 0.25) is 10.0 Å². The third-order valence-electron chi connectivity index (χ3n) is 2.87. The Labute approximate surface area is 134 Å². The molecule has 21 heavy (non-hydrogen) atoms. The molecule has 0 fully saturated rings. The van der Waals surface area contributed by atoms with E-state index < -0.39 is 0 Å². The van der Waals surface area contributed by atoms with Crippen LogP contribution in [0.4, 0.5) is 0 Å². The molecule has 0 heterocycles. The van der Waals surface area contributed by atoms with Crippen LogP contribution in [0.5, 0.6) is 0 Å². The van der Waals surface area contributed by atoms with Gasteiger partial charge in [-0.1, -0.05) is 23.2 Å². The Morgan fingerprint density at radius 3 is 2.67 bits per heavy atom. The minimum absolute atomic E-state index is 0.168. The first-order valence-corrected chi connectivity index (χ1v) is 7.22. The lowest BCUT2D eigenvalue weighted by atomic mass is 10.2. The van der Waals surface area contributed by atoms with Crippen LogP contribution in [-0.4, -0.2) is 37.0 Å². The molecule has 1 amide bonds. The maximum atomic E-state index is 12.1. The Kier molecular flexibility index (Phi) is 7.26. The molecule has 0 aliphatic carbocycles. The summed E-state index contributed by atoms with van der Waals surface area (Å²) in [6.45, 7) is 2.66. The Morgan fingerprint density at radius 1 is 1.33 bits per heavy atom. The predicted molar refractivity (Wildman–Crippen MR) is 84.4 cm³/mol. The van der Waals surface area contributed by atoms with E-state index in [9.17, 15) is 9.59 Å². The normalized spacial score (nSPS) is 10.7. The zero-order valence-electron chi connectivity index (χ0n) is 11.9. The van der Waals surface area contributed by atoms with Crippen molar-refractivity contribution in [3.8, 4) is 0 Å². The molecule has 0 aliphatic rings. The maximum Gasteiger partial charge on any atom is 0.307 e. The fourth-order valence-corrected chi connectivity index (χ4v) is 2.02. The summed E-state index contributed by atoms with van der Waals surface area (Å²) in [6, 6.07) is 5.03. The number of nitrogens with zero attached hydrogens (tertiary/aromatic N) is 1. The molecule has 1 aromatic rings. The van der Waals surface area contributed by atoms with Gasteiger partial charge >= 0.3 is 5.97 Å². The fraction of sp³-hybridized carbons (Fsp3) is 0.333. The van der Waals surface area contributed by atoms with Crippen LogP contribution in [-0.2, 0) is 14.3 Å². The molecule has 0 saturated carbocycles. The summed E-state index contributed by atoms with van der Waals surface area (Å²) in [4.78, 5) is 24.7. The van der Waals surface area contributed by atoms with Gasteiger partial charge in [0.1, 0.15) is 0 Å². The summed E-state index contributed by atoms with van der Waals surface area (Å²) in [5.74, 6) is -0.541. The number of amides is 1. The van der Waals surface area contributed by atoms with Crippen LogP contribution >= 0.6 is 23.2 Å². The van der Waals surface area contributed by atoms with Crippen LogP contribution in [0.25, 0.3) is 6.08 Å². The Morgan fingerprint density at radius 2 is 2.05 bits per heavy atom. The molecular formula is C15H17Cl2NO3. The lowest BCUT2D eigenvalue weighted by molar-refractivity contribution is -0.141. The van der Waals surface area contributed by atoms with Gasteiger partial charge in [-0.3, -0.25) is 9.59 Å². The molecule has 0 aromatic heterocycles. The zero-order chi connectivity index (χ0) is 15.8. The molecule has 1 aromatic carbocycles. The van der Waals surface area contributed by atoms with Gasteiger partial charge in [-0.05, 0) is 36.8 Å². The van der Waals surface area contributed by atoms with Gasteiger partial charge in [-0.25, -0.2) is 0 Å². The molecule has 0 spiro atoms. The standard InChI is InChI=1S/C15H17Cl2NO3/c1-3-18(9-8-15(20)21-2)14(19)7-4-11-10-12(16)5-6-13(11)17/h4-7,10H,3,8-9H2,1-2H3/b7-4+. The third kappa shape index (κ3) is 5.78. The number of carbonyl (C=O) groups excluding carboxylic acids is 2. The highest BCUT2D eigenvalue weighted by molar-refractivity contribution is 6.34. The summed E-state index contributed by atoms with van der Waals surface area (Å²) in [5, 5.41) is 1.06. The van der Waals surface area contributed by atoms with Crippen molar-refractivity contribution in [1.82, 2.24) is 4.90 Å². The number of carbonyl (C=O) groups is 2. The lowest BCUT2D eigenvalue weighted by Crippen LogP contribution is -2.31. The van der Waals surface area contributed by atoms with Crippen molar-refractivity contribution in [2.24, 2.45) is 0 Å². The van der Waals surface area contributed by atoms with Gasteiger partial charge in [0.25, 0.3) is 0 Å². The maximum absolute atomic E-state index is 12.1. The largest absolute Gasteiger partial charge is 0.469 e. The van der Waals surface area contributed by atoms with E-state index in [4.69, 9.17) is 23.2 Å². The molecular weight excluding hydrogens is 313 g/mol. The second-order valence-corrected chi connectivity index (χ2v) is 5.09. The van der Waals surface area contributed by atoms with Gasteiger partial charge in [0.15, 0.2) is 0 Å². The topological polar surface area (TPSA) is 46.6 Å². The number of ether oxygens (including phenoxy) is 1. The van der Waals surface area contributed by atoms with Gasteiger partial charge < -0.3 is 9.64 Å². The minimum Gasteiger partial charge on any atom is -0.469 e. The minimum atomic E-state index is -0.344. The van der Waals surface area contributed by atoms with E-state index >= 15 is 0 Å². The number of likely N-dealkylation sites (N-methyl/N-ethyl adjacent to an activating group) is 1. The molecule has 0 bridgehead atoms. The van der Waals surface area contributed by atoms with Crippen molar-refractivity contribution in [3.63, 3.8) is 0 Å². The highest BCUT2D eigenvalue weighted by atomic mass is 35.5. The van der Waals surface area contributed by atoms with Gasteiger partial charge in [-0.15, -0.1) is 0 Å².